The van der Waals surface area contributed by atoms with Crippen molar-refractivity contribution in [3.8, 4) is 0 Å². The van der Waals surface area contributed by atoms with Crippen molar-refractivity contribution in [3.63, 3.8) is 0 Å². The standard InChI is InChI=1S/C8H6BrN3O2/c1-3-10-7-5(8(14)11-3)4(2-13)6(9)12-7/h2H,1H3,(H2,10,11,12,14). The van der Waals surface area contributed by atoms with Crippen LogP contribution < -0.4 is 5.56 Å². The summed E-state index contributed by atoms with van der Waals surface area (Å²) in [5.74, 6) is 0.508. The van der Waals surface area contributed by atoms with Crippen LogP contribution in [0.25, 0.3) is 11.0 Å². The Bertz CT molecular complexity index is 570. The van der Waals surface area contributed by atoms with Crippen molar-refractivity contribution in [2.75, 3.05) is 0 Å². The van der Waals surface area contributed by atoms with Gasteiger partial charge >= 0.3 is 0 Å². The largest absolute Gasteiger partial charge is 0.333 e. The number of H-pyrrole nitrogens is 2. The first-order valence-electron chi connectivity index (χ1n) is 3.86. The fourth-order valence-corrected chi connectivity index (χ4v) is 1.80. The highest BCUT2D eigenvalue weighted by molar-refractivity contribution is 9.10. The Morgan fingerprint density at radius 3 is 2.79 bits per heavy atom. The molecule has 0 radical (unpaired) electrons. The van der Waals surface area contributed by atoms with Gasteiger partial charge in [0.05, 0.1) is 15.6 Å². The molecule has 0 unspecified atom stereocenters. The predicted octanol–water partition coefficient (Wildman–Crippen LogP) is 1.13. The Morgan fingerprint density at radius 1 is 1.43 bits per heavy atom. The number of aldehydes is 1. The number of hydrogen-bond acceptors (Lipinski definition) is 3. The van der Waals surface area contributed by atoms with Crippen LogP contribution in [0.2, 0.25) is 0 Å². The van der Waals surface area contributed by atoms with E-state index in [1.54, 1.807) is 6.92 Å². The van der Waals surface area contributed by atoms with Crippen LogP contribution >= 0.6 is 15.9 Å². The number of aryl methyl sites for hydroxylation is 1. The van der Waals surface area contributed by atoms with Crippen molar-refractivity contribution in [2.45, 2.75) is 6.92 Å². The van der Waals surface area contributed by atoms with E-state index in [0.717, 1.165) is 0 Å². The molecule has 0 aliphatic heterocycles. The van der Waals surface area contributed by atoms with Gasteiger partial charge in [0, 0.05) is 0 Å². The van der Waals surface area contributed by atoms with Gasteiger partial charge in [0.25, 0.3) is 5.56 Å². The van der Waals surface area contributed by atoms with Gasteiger partial charge in [0.2, 0.25) is 0 Å². The summed E-state index contributed by atoms with van der Waals surface area (Å²) in [6.45, 7) is 1.68. The van der Waals surface area contributed by atoms with Gasteiger partial charge in [0.15, 0.2) is 6.29 Å². The number of hydrogen-bond donors (Lipinski definition) is 2. The first-order chi connectivity index (χ1) is 6.63. The molecule has 0 bridgehead atoms. The third-order valence-electron chi connectivity index (χ3n) is 1.89. The van der Waals surface area contributed by atoms with Gasteiger partial charge < -0.3 is 9.97 Å². The van der Waals surface area contributed by atoms with Gasteiger partial charge in [0.1, 0.15) is 11.5 Å². The Kier molecular flexibility index (Phi) is 1.99. The number of nitrogens with zero attached hydrogens (tertiary/aromatic N) is 1. The SMILES string of the molecule is Cc1nc2[nH]c(Br)c(C=O)c2c(=O)[nH]1. The molecule has 0 atom stereocenters. The minimum atomic E-state index is -0.309. The maximum absolute atomic E-state index is 11.5. The number of aromatic amines is 2. The van der Waals surface area contributed by atoms with Gasteiger partial charge in [-0.2, -0.15) is 0 Å². The smallest absolute Gasteiger partial charge is 0.261 e. The summed E-state index contributed by atoms with van der Waals surface area (Å²) in [6.07, 6.45) is 0.620. The number of carbonyl (C=O) groups is 1. The monoisotopic (exact) mass is 255 g/mol. The van der Waals surface area contributed by atoms with Crippen LogP contribution in [0.15, 0.2) is 9.40 Å². The number of fused-ring (bicyclic) bond motifs is 1. The fourth-order valence-electron chi connectivity index (χ4n) is 1.32. The topological polar surface area (TPSA) is 78.6 Å². The molecule has 0 aliphatic carbocycles. The van der Waals surface area contributed by atoms with Gasteiger partial charge in [-0.1, -0.05) is 0 Å². The average molecular weight is 256 g/mol. The molecule has 0 amide bonds. The third kappa shape index (κ3) is 1.19. The van der Waals surface area contributed by atoms with Crippen molar-refractivity contribution in [1.82, 2.24) is 15.0 Å². The molecule has 0 aliphatic rings. The lowest BCUT2D eigenvalue weighted by Gasteiger charge is -1.91. The van der Waals surface area contributed by atoms with E-state index < -0.39 is 0 Å². The Labute approximate surface area is 86.7 Å². The summed E-state index contributed by atoms with van der Waals surface area (Å²) < 4.78 is 0.478. The van der Waals surface area contributed by atoms with E-state index >= 15 is 0 Å². The first-order valence-corrected chi connectivity index (χ1v) is 4.66. The van der Waals surface area contributed by atoms with Gasteiger partial charge in [-0.25, -0.2) is 4.98 Å². The van der Waals surface area contributed by atoms with E-state index in [1.165, 1.54) is 0 Å². The minimum absolute atomic E-state index is 0.289. The zero-order valence-electron chi connectivity index (χ0n) is 7.22. The number of carbonyl (C=O) groups excluding carboxylic acids is 1. The van der Waals surface area contributed by atoms with Gasteiger partial charge in [-0.15, -0.1) is 0 Å². The summed E-state index contributed by atoms with van der Waals surface area (Å²) in [4.78, 5) is 31.6. The highest BCUT2D eigenvalue weighted by Gasteiger charge is 2.13. The van der Waals surface area contributed by atoms with Crippen LogP contribution in [0.5, 0.6) is 0 Å². The summed E-state index contributed by atoms with van der Waals surface area (Å²) in [5, 5.41) is 0.289. The summed E-state index contributed by atoms with van der Waals surface area (Å²) in [7, 11) is 0. The van der Waals surface area contributed by atoms with Crippen molar-refractivity contribution in [3.05, 3.63) is 26.3 Å². The molecule has 0 saturated carbocycles. The molecule has 0 saturated heterocycles. The van der Waals surface area contributed by atoms with Crippen molar-refractivity contribution >= 4 is 33.2 Å². The molecule has 0 spiro atoms. The second-order valence-corrected chi connectivity index (χ2v) is 3.64. The zero-order valence-corrected chi connectivity index (χ0v) is 8.81. The maximum Gasteiger partial charge on any atom is 0.261 e. The second-order valence-electron chi connectivity index (χ2n) is 2.85. The number of halogens is 1. The van der Waals surface area contributed by atoms with E-state index in [4.69, 9.17) is 0 Å². The highest BCUT2D eigenvalue weighted by atomic mass is 79.9. The maximum atomic E-state index is 11.5. The van der Waals surface area contributed by atoms with Crippen LogP contribution in [-0.2, 0) is 0 Å². The van der Waals surface area contributed by atoms with E-state index in [-0.39, 0.29) is 10.9 Å². The number of aromatic nitrogens is 3. The first kappa shape index (κ1) is 9.14. The Morgan fingerprint density at radius 2 is 2.14 bits per heavy atom. The lowest BCUT2D eigenvalue weighted by Crippen LogP contribution is -2.09. The molecular formula is C8H6BrN3O2. The molecule has 6 heteroatoms. The van der Waals surface area contributed by atoms with E-state index in [1.807, 2.05) is 0 Å². The van der Waals surface area contributed by atoms with E-state index in [2.05, 4.69) is 30.9 Å². The number of nitrogens with one attached hydrogen (secondary N) is 2. The Balaban J connectivity index is 3.02. The lowest BCUT2D eigenvalue weighted by atomic mass is 10.3. The van der Waals surface area contributed by atoms with Crippen molar-refractivity contribution in [1.29, 1.82) is 0 Å². The zero-order chi connectivity index (χ0) is 10.3. The lowest BCUT2D eigenvalue weighted by molar-refractivity contribution is 0.112. The predicted molar refractivity (Wildman–Crippen MR) is 54.5 cm³/mol. The van der Waals surface area contributed by atoms with Crippen LogP contribution in [0, 0.1) is 6.92 Å². The summed E-state index contributed by atoms with van der Waals surface area (Å²) >= 11 is 3.15. The van der Waals surface area contributed by atoms with Crippen LogP contribution in [0.4, 0.5) is 0 Å². The van der Waals surface area contributed by atoms with Crippen LogP contribution in [0.1, 0.15) is 16.2 Å². The molecular weight excluding hydrogens is 250 g/mol. The average Bonchev–Trinajstić information content (AvgIpc) is 2.40. The quantitative estimate of drug-likeness (QED) is 0.751. The normalized spacial score (nSPS) is 10.7. The molecule has 72 valence electrons. The van der Waals surface area contributed by atoms with Gasteiger partial charge in [-0.05, 0) is 22.9 Å². The third-order valence-corrected chi connectivity index (χ3v) is 2.52. The molecule has 2 aromatic heterocycles. The van der Waals surface area contributed by atoms with Crippen molar-refractivity contribution < 1.29 is 4.79 Å². The fraction of sp³-hybridized carbons (Fsp3) is 0.125. The minimum Gasteiger partial charge on any atom is -0.333 e. The summed E-state index contributed by atoms with van der Waals surface area (Å²) in [5.41, 5.74) is 0.408. The van der Waals surface area contributed by atoms with Crippen LogP contribution in [0.3, 0.4) is 0 Å². The second kappa shape index (κ2) is 3.06. The van der Waals surface area contributed by atoms with Crippen molar-refractivity contribution in [2.24, 2.45) is 0 Å². The molecule has 2 rings (SSSR count). The van der Waals surface area contributed by atoms with E-state index in [9.17, 15) is 9.59 Å². The molecule has 2 heterocycles. The number of rotatable bonds is 1. The molecule has 0 fully saturated rings. The molecule has 2 N–H and O–H groups in total. The van der Waals surface area contributed by atoms with E-state index in [0.29, 0.717) is 27.9 Å². The molecule has 0 aromatic carbocycles. The van der Waals surface area contributed by atoms with Crippen LogP contribution in [-0.4, -0.2) is 21.2 Å². The molecule has 2 aromatic rings. The molecule has 5 nitrogen and oxygen atoms in total. The highest BCUT2D eigenvalue weighted by Crippen LogP contribution is 2.20. The van der Waals surface area contributed by atoms with Gasteiger partial charge in [-0.3, -0.25) is 9.59 Å². The molecule has 14 heavy (non-hydrogen) atoms. The Hall–Kier alpha value is -1.43. The summed E-state index contributed by atoms with van der Waals surface area (Å²) in [6, 6.07) is 0.